The van der Waals surface area contributed by atoms with E-state index in [-0.39, 0.29) is 5.82 Å². The van der Waals surface area contributed by atoms with E-state index in [1.54, 1.807) is 0 Å². The molecule has 2 rings (SSSR count). The fourth-order valence-electron chi connectivity index (χ4n) is 1.18. The summed E-state index contributed by atoms with van der Waals surface area (Å²) in [5, 5.41) is 17.6. The molecule has 0 saturated heterocycles. The highest BCUT2D eigenvalue weighted by Crippen LogP contribution is 2.23. The molecule has 0 aliphatic carbocycles. The lowest BCUT2D eigenvalue weighted by molar-refractivity contribution is -0.526. The van der Waals surface area contributed by atoms with Crippen LogP contribution in [-0.2, 0) is 4.79 Å². The molecule has 0 aromatic carbocycles. The zero-order valence-electron chi connectivity index (χ0n) is 6.32. The van der Waals surface area contributed by atoms with Gasteiger partial charge in [0.1, 0.15) is 0 Å². The molecule has 7 heteroatoms. The highest BCUT2D eigenvalue weighted by atomic mass is 16.6. The Bertz CT molecular complexity index is 370. The first-order chi connectivity index (χ1) is 6.20. The fraction of sp³-hybridized carbons (Fsp3) is 0.167. The number of hydrogen-bond donors (Lipinski definition) is 0. The van der Waals surface area contributed by atoms with Crippen molar-refractivity contribution in [3.8, 4) is 0 Å². The molecule has 0 fully saturated rings. The smallest absolute Gasteiger partial charge is 0.285 e. The number of carbonyl (C=O) groups is 1. The Morgan fingerprint density at radius 3 is 3.08 bits per heavy atom. The molecule has 0 radical (unpaired) electrons. The summed E-state index contributed by atoms with van der Waals surface area (Å²) in [5.74, 6) is -0.361. The first-order valence-corrected chi connectivity index (χ1v) is 3.45. The number of hydrogen-bond acceptors (Lipinski definition) is 6. The number of azo groups is 1. The summed E-state index contributed by atoms with van der Waals surface area (Å²) in [5.41, 5.74) is 0. The highest BCUT2D eigenvalue weighted by molar-refractivity contribution is 5.96. The second kappa shape index (κ2) is 2.47. The van der Waals surface area contributed by atoms with E-state index in [0.717, 1.165) is 6.08 Å². The topological polar surface area (TPSA) is 88.2 Å². The summed E-state index contributed by atoms with van der Waals surface area (Å²) in [6, 6.07) is 0. The number of nitrogens with zero attached hydrogens (tertiary/aromatic N) is 4. The second-order valence-electron chi connectivity index (χ2n) is 2.48. The molecule has 2 heterocycles. The largest absolute Gasteiger partial charge is 0.354 e. The molecule has 0 aromatic rings. The predicted octanol–water partition coefficient (Wildman–Crippen LogP) is 0.252. The molecule has 0 saturated carbocycles. The van der Waals surface area contributed by atoms with Crippen LogP contribution in [0.4, 0.5) is 0 Å². The van der Waals surface area contributed by atoms with Crippen LogP contribution in [0.5, 0.6) is 0 Å². The van der Waals surface area contributed by atoms with Gasteiger partial charge in [-0.15, -0.1) is 5.11 Å². The van der Waals surface area contributed by atoms with Gasteiger partial charge in [0.25, 0.3) is 5.78 Å². The van der Waals surface area contributed by atoms with Gasteiger partial charge in [-0.25, -0.2) is 0 Å². The molecular formula is C6H4N4O3. The van der Waals surface area contributed by atoms with Crippen molar-refractivity contribution >= 4 is 5.78 Å². The molecule has 0 N–H and O–H groups in total. The number of carbonyl (C=O) groups excluding carboxylic acids is 1. The third-order valence-electron chi connectivity index (χ3n) is 1.71. The molecule has 0 aromatic heterocycles. The third kappa shape index (κ3) is 1.01. The zero-order valence-corrected chi connectivity index (χ0v) is 6.32. The van der Waals surface area contributed by atoms with Crippen LogP contribution >= 0.6 is 0 Å². The van der Waals surface area contributed by atoms with E-state index in [2.05, 4.69) is 10.2 Å². The van der Waals surface area contributed by atoms with Gasteiger partial charge in [0.05, 0.1) is 11.1 Å². The maximum Gasteiger partial charge on any atom is 0.354 e. The third-order valence-corrected chi connectivity index (χ3v) is 1.71. The lowest BCUT2D eigenvalue weighted by atomic mass is 10.3. The predicted molar refractivity (Wildman–Crippen MR) is 39.7 cm³/mol. The average Bonchev–Trinajstić information content (AvgIpc) is 2.39. The van der Waals surface area contributed by atoms with Gasteiger partial charge in [-0.2, -0.15) is 5.11 Å². The normalized spacial score (nSPS) is 24.6. The van der Waals surface area contributed by atoms with Gasteiger partial charge in [0.15, 0.2) is 5.82 Å². The monoisotopic (exact) mass is 180 g/mol. The van der Waals surface area contributed by atoms with Gasteiger partial charge in [0.2, 0.25) is 0 Å². The van der Waals surface area contributed by atoms with Crippen LogP contribution < -0.4 is 0 Å². The van der Waals surface area contributed by atoms with Gasteiger partial charge in [-0.3, -0.25) is 19.8 Å². The molecule has 1 unspecified atom stereocenters. The first-order valence-electron chi connectivity index (χ1n) is 3.45. The van der Waals surface area contributed by atoms with E-state index < -0.39 is 16.9 Å². The Balaban J connectivity index is 2.38. The second-order valence-corrected chi connectivity index (χ2v) is 2.48. The van der Waals surface area contributed by atoms with E-state index in [9.17, 15) is 14.9 Å². The minimum absolute atomic E-state index is 0.217. The molecular weight excluding hydrogens is 176 g/mol. The van der Waals surface area contributed by atoms with Gasteiger partial charge >= 0.3 is 6.17 Å². The summed E-state index contributed by atoms with van der Waals surface area (Å²) in [6.45, 7) is 0. The van der Waals surface area contributed by atoms with Gasteiger partial charge in [-0.1, -0.05) is 0 Å². The zero-order chi connectivity index (χ0) is 9.42. The molecule has 13 heavy (non-hydrogen) atoms. The fourth-order valence-corrected chi connectivity index (χ4v) is 1.18. The van der Waals surface area contributed by atoms with Crippen LogP contribution in [0.15, 0.2) is 34.5 Å². The molecule has 0 spiro atoms. The minimum atomic E-state index is -1.37. The summed E-state index contributed by atoms with van der Waals surface area (Å²) in [7, 11) is 0. The maximum absolute atomic E-state index is 11.1. The molecule has 0 bridgehead atoms. The van der Waals surface area contributed by atoms with Crippen molar-refractivity contribution in [1.29, 1.82) is 0 Å². The molecule has 0 amide bonds. The summed E-state index contributed by atoms with van der Waals surface area (Å²) < 4.78 is 0. The van der Waals surface area contributed by atoms with E-state index in [0.29, 0.717) is 0 Å². The highest BCUT2D eigenvalue weighted by Gasteiger charge is 2.42. The number of rotatable bonds is 1. The molecule has 2 aliphatic heterocycles. The van der Waals surface area contributed by atoms with Gasteiger partial charge < -0.3 is 0 Å². The first kappa shape index (κ1) is 7.59. The van der Waals surface area contributed by atoms with Crippen LogP contribution in [0.25, 0.3) is 0 Å². The average molecular weight is 180 g/mol. The number of ketones is 1. The lowest BCUT2D eigenvalue weighted by Gasteiger charge is -2.16. The van der Waals surface area contributed by atoms with Gasteiger partial charge in [-0.05, 0) is 0 Å². The van der Waals surface area contributed by atoms with Crippen molar-refractivity contribution in [2.75, 3.05) is 0 Å². The van der Waals surface area contributed by atoms with Crippen LogP contribution in [0, 0.1) is 10.1 Å². The molecule has 66 valence electrons. The van der Waals surface area contributed by atoms with Crippen molar-refractivity contribution in [3.63, 3.8) is 0 Å². The van der Waals surface area contributed by atoms with Crippen molar-refractivity contribution in [2.45, 2.75) is 6.17 Å². The van der Waals surface area contributed by atoms with Crippen molar-refractivity contribution in [2.24, 2.45) is 10.2 Å². The Kier molecular flexibility index (Phi) is 1.44. The van der Waals surface area contributed by atoms with Crippen LogP contribution in [0.1, 0.15) is 0 Å². The summed E-state index contributed by atoms with van der Waals surface area (Å²) in [4.78, 5) is 22.1. The molecule has 7 nitrogen and oxygen atoms in total. The lowest BCUT2D eigenvalue weighted by Crippen LogP contribution is -2.37. The van der Waals surface area contributed by atoms with E-state index >= 15 is 0 Å². The van der Waals surface area contributed by atoms with E-state index in [1.807, 2.05) is 0 Å². The number of nitro groups is 1. The molecule has 1 atom stereocenters. The minimum Gasteiger partial charge on any atom is -0.285 e. The van der Waals surface area contributed by atoms with Crippen LogP contribution in [0.2, 0.25) is 0 Å². The number of fused-ring (bicyclic) bond motifs is 1. The van der Waals surface area contributed by atoms with Crippen LogP contribution in [-0.4, -0.2) is 21.8 Å². The van der Waals surface area contributed by atoms with Crippen molar-refractivity contribution < 1.29 is 9.72 Å². The standard InChI is InChI=1S/C6H4N4O3/c11-4-3-5-8-7-1-2-9(5)6(4)10(12)13/h1-3,6H. The Hall–Kier alpha value is -2.05. The van der Waals surface area contributed by atoms with Gasteiger partial charge in [0, 0.05) is 12.3 Å². The van der Waals surface area contributed by atoms with Crippen LogP contribution in [0.3, 0.4) is 0 Å². The van der Waals surface area contributed by atoms with Crippen molar-refractivity contribution in [3.05, 3.63) is 34.4 Å². The molecule has 2 aliphatic rings. The Morgan fingerprint density at radius 2 is 2.38 bits per heavy atom. The maximum atomic E-state index is 11.1. The SMILES string of the molecule is O=C1C=C2N=NC=CN2C1[N+](=O)[O-]. The van der Waals surface area contributed by atoms with E-state index in [1.165, 1.54) is 17.3 Å². The summed E-state index contributed by atoms with van der Waals surface area (Å²) in [6.07, 6.45) is 2.40. The Morgan fingerprint density at radius 1 is 1.62 bits per heavy atom. The Labute approximate surface area is 72.2 Å². The quantitative estimate of drug-likeness (QED) is 0.427. The summed E-state index contributed by atoms with van der Waals surface area (Å²) >= 11 is 0. The van der Waals surface area contributed by atoms with Crippen molar-refractivity contribution in [1.82, 2.24) is 4.90 Å². The van der Waals surface area contributed by atoms with E-state index in [4.69, 9.17) is 0 Å².